The molecular weight excluding hydrogens is 480 g/mol. The maximum Gasteiger partial charge on any atom is 0.151 e. The zero-order chi connectivity index (χ0) is 27.1. The Morgan fingerprint density at radius 1 is 0.676 bits per heavy atom. The van der Waals surface area contributed by atoms with Gasteiger partial charge < -0.3 is 0 Å². The highest BCUT2D eigenvalue weighted by atomic mass is 19.1. The van der Waals surface area contributed by atoms with Gasteiger partial charge in [-0.1, -0.05) is 27.7 Å². The number of rotatable bonds is 8. The highest BCUT2D eigenvalue weighted by Gasteiger charge is 2.33. The van der Waals surface area contributed by atoms with E-state index >= 15 is 0 Å². The first-order valence-corrected chi connectivity index (χ1v) is 12.6. The maximum atomic E-state index is 14.8. The lowest BCUT2D eigenvalue weighted by Gasteiger charge is -2.19. The van der Waals surface area contributed by atoms with Gasteiger partial charge >= 0.3 is 0 Å². The predicted octanol–water partition coefficient (Wildman–Crippen LogP) is 7.97. The molecule has 2 unspecified atom stereocenters. The Labute approximate surface area is 214 Å². The van der Waals surface area contributed by atoms with Crippen molar-refractivity contribution in [3.05, 3.63) is 94.6 Å². The molecule has 0 N–H and O–H groups in total. The van der Waals surface area contributed by atoms with Crippen LogP contribution in [0.1, 0.15) is 89.0 Å². The van der Waals surface area contributed by atoms with E-state index in [1.807, 2.05) is 53.7 Å². The van der Waals surface area contributed by atoms with Crippen molar-refractivity contribution in [2.45, 2.75) is 71.6 Å². The van der Waals surface area contributed by atoms with Crippen LogP contribution in [-0.2, 0) is 5.41 Å². The number of hydrogen-bond donors (Lipinski definition) is 0. The lowest BCUT2D eigenvalue weighted by molar-refractivity contribution is 0.548. The van der Waals surface area contributed by atoms with Crippen molar-refractivity contribution in [3.63, 3.8) is 0 Å². The van der Waals surface area contributed by atoms with Crippen LogP contribution < -0.4 is 0 Å². The van der Waals surface area contributed by atoms with Crippen molar-refractivity contribution in [1.82, 2.24) is 19.6 Å². The van der Waals surface area contributed by atoms with Gasteiger partial charge in [-0.25, -0.2) is 26.9 Å². The smallest absolute Gasteiger partial charge is 0.151 e. The zero-order valence-corrected chi connectivity index (χ0v) is 22.0. The van der Waals surface area contributed by atoms with Gasteiger partial charge in [-0.05, 0) is 74.9 Å². The van der Waals surface area contributed by atoms with Crippen LogP contribution in [0, 0.1) is 23.3 Å². The van der Waals surface area contributed by atoms with Crippen molar-refractivity contribution in [3.8, 4) is 11.4 Å². The lowest BCUT2D eigenvalue weighted by Crippen LogP contribution is -2.21. The number of halogens is 4. The van der Waals surface area contributed by atoms with Gasteiger partial charge in [0.15, 0.2) is 11.6 Å². The Balaban J connectivity index is 1.88. The molecule has 0 bridgehead atoms. The van der Waals surface area contributed by atoms with Crippen molar-refractivity contribution >= 4 is 0 Å². The Kier molecular flexibility index (Phi) is 7.31. The zero-order valence-electron chi connectivity index (χ0n) is 22.0. The molecule has 0 radical (unpaired) electrons. The molecule has 2 atom stereocenters. The number of hydrogen-bond acceptors (Lipinski definition) is 2. The molecule has 0 spiro atoms. The summed E-state index contributed by atoms with van der Waals surface area (Å²) in [5.41, 5.74) is 2.46. The average molecular weight is 513 g/mol. The second kappa shape index (κ2) is 10.1. The lowest BCUT2D eigenvalue weighted by atomic mass is 9.84. The molecule has 0 amide bonds. The largest absolute Gasteiger partial charge is 0.234 e. The van der Waals surface area contributed by atoms with Gasteiger partial charge in [0, 0.05) is 23.5 Å². The summed E-state index contributed by atoms with van der Waals surface area (Å²) >= 11 is 0. The molecule has 2 aromatic heterocycles. The van der Waals surface area contributed by atoms with Crippen molar-refractivity contribution in [2.75, 3.05) is 0 Å². The molecule has 0 fully saturated rings. The topological polar surface area (TPSA) is 35.6 Å². The molecule has 0 aliphatic carbocycles. The first kappa shape index (κ1) is 26.6. The van der Waals surface area contributed by atoms with Crippen molar-refractivity contribution in [2.24, 2.45) is 0 Å². The minimum atomic E-state index is -0.742. The first-order valence-electron chi connectivity index (χ1n) is 12.6. The highest BCUT2D eigenvalue weighted by Crippen LogP contribution is 2.36. The number of aromatic nitrogens is 4. The Hall–Kier alpha value is -3.42. The van der Waals surface area contributed by atoms with Crippen molar-refractivity contribution < 1.29 is 17.6 Å². The fraction of sp³-hybridized carbons (Fsp3) is 0.379. The van der Waals surface area contributed by atoms with Crippen LogP contribution in [0.5, 0.6) is 0 Å². The number of nitrogens with zero attached hydrogens (tertiary/aromatic N) is 4. The van der Waals surface area contributed by atoms with Gasteiger partial charge in [0.05, 0.1) is 16.8 Å². The maximum absolute atomic E-state index is 14.8. The summed E-state index contributed by atoms with van der Waals surface area (Å²) in [5.74, 6) is -2.60. The van der Waals surface area contributed by atoms with E-state index in [4.69, 9.17) is 10.2 Å². The van der Waals surface area contributed by atoms with Crippen molar-refractivity contribution in [1.29, 1.82) is 0 Å². The van der Waals surface area contributed by atoms with Crippen LogP contribution in [0.2, 0.25) is 0 Å². The Morgan fingerprint density at radius 3 is 1.38 bits per heavy atom. The molecule has 4 aromatic rings. The molecule has 2 heterocycles. The van der Waals surface area contributed by atoms with Crippen LogP contribution in [-0.4, -0.2) is 19.6 Å². The second-order valence-electron chi connectivity index (χ2n) is 10.2. The summed E-state index contributed by atoms with van der Waals surface area (Å²) in [7, 11) is 0. The third kappa shape index (κ3) is 4.93. The normalized spacial score (nSPS) is 13.7. The number of benzene rings is 2. The fourth-order valence-corrected chi connectivity index (χ4v) is 4.35. The minimum Gasteiger partial charge on any atom is -0.234 e. The van der Waals surface area contributed by atoms with Crippen LogP contribution in [0.3, 0.4) is 0 Å². The van der Waals surface area contributed by atoms with E-state index in [2.05, 4.69) is 0 Å². The molecule has 0 saturated carbocycles. The van der Waals surface area contributed by atoms with Gasteiger partial charge in [0.1, 0.15) is 23.0 Å². The molecule has 37 heavy (non-hydrogen) atoms. The molecule has 4 rings (SSSR count). The van der Waals surface area contributed by atoms with Crippen LogP contribution >= 0.6 is 0 Å². The van der Waals surface area contributed by atoms with E-state index in [0.717, 1.165) is 36.4 Å². The molecule has 0 aliphatic rings. The summed E-state index contributed by atoms with van der Waals surface area (Å²) in [4.78, 5) is 0. The molecule has 0 aliphatic heterocycles. The van der Waals surface area contributed by atoms with Gasteiger partial charge in [-0.3, -0.25) is 0 Å². The molecule has 196 valence electrons. The Bertz CT molecular complexity index is 1310. The molecule has 2 aromatic carbocycles. The average Bonchev–Trinajstić information content (AvgIpc) is 3.49. The summed E-state index contributed by atoms with van der Waals surface area (Å²) in [6.45, 7) is 12.0. The van der Waals surface area contributed by atoms with E-state index in [0.29, 0.717) is 11.4 Å². The monoisotopic (exact) mass is 512 g/mol. The van der Waals surface area contributed by atoms with E-state index < -0.39 is 28.7 Å². The van der Waals surface area contributed by atoms with Crippen LogP contribution in [0.15, 0.2) is 48.5 Å². The summed E-state index contributed by atoms with van der Waals surface area (Å²) in [6.07, 6.45) is 1.59. The first-order chi connectivity index (χ1) is 17.5. The SMILES string of the molecule is CCC(C)c1cc(C(C)(C)c2cc(C(C)CC)n(-c3ccc(F)cc3F)n2)nn1-c1ccc(F)cc1F. The third-order valence-electron chi connectivity index (χ3n) is 7.26. The third-order valence-corrected chi connectivity index (χ3v) is 7.26. The predicted molar refractivity (Wildman–Crippen MR) is 136 cm³/mol. The molecule has 8 heteroatoms. The van der Waals surface area contributed by atoms with E-state index in [9.17, 15) is 17.6 Å². The van der Waals surface area contributed by atoms with E-state index in [1.54, 1.807) is 0 Å². The summed E-state index contributed by atoms with van der Waals surface area (Å²) in [5, 5.41) is 9.55. The quantitative estimate of drug-likeness (QED) is 0.225. The van der Waals surface area contributed by atoms with E-state index in [1.165, 1.54) is 33.6 Å². The molecular formula is C29H32F4N4. The van der Waals surface area contributed by atoms with Gasteiger partial charge in [-0.15, -0.1) is 0 Å². The Morgan fingerprint density at radius 2 is 1.05 bits per heavy atom. The van der Waals surface area contributed by atoms with Gasteiger partial charge in [0.2, 0.25) is 0 Å². The van der Waals surface area contributed by atoms with Crippen LogP contribution in [0.4, 0.5) is 17.6 Å². The molecule has 4 nitrogen and oxygen atoms in total. The summed E-state index contributed by atoms with van der Waals surface area (Å²) < 4.78 is 59.8. The molecule has 0 saturated heterocycles. The minimum absolute atomic E-state index is 0.0584. The van der Waals surface area contributed by atoms with Gasteiger partial charge in [-0.2, -0.15) is 10.2 Å². The second-order valence-corrected chi connectivity index (χ2v) is 10.2. The summed E-state index contributed by atoms with van der Waals surface area (Å²) in [6, 6.07) is 10.7. The van der Waals surface area contributed by atoms with E-state index in [-0.39, 0.29) is 23.2 Å². The van der Waals surface area contributed by atoms with Gasteiger partial charge in [0.25, 0.3) is 0 Å². The standard InChI is InChI=1S/C29H32F4N4/c1-7-17(3)25-15-27(34-36(25)23-11-9-19(30)13-21(23)32)29(5,6)28-16-26(18(4)8-2)37(35-28)24-12-10-20(31)14-22(24)33/h9-18H,7-8H2,1-6H3. The fourth-order valence-electron chi connectivity index (χ4n) is 4.35. The highest BCUT2D eigenvalue weighted by molar-refractivity contribution is 5.42. The van der Waals surface area contributed by atoms with Crippen LogP contribution in [0.25, 0.3) is 11.4 Å².